The highest BCUT2D eigenvalue weighted by Crippen LogP contribution is 2.48. The summed E-state index contributed by atoms with van der Waals surface area (Å²) in [5.41, 5.74) is 0. The Morgan fingerprint density at radius 2 is 1.91 bits per heavy atom. The van der Waals surface area contributed by atoms with Crippen molar-refractivity contribution in [2.24, 2.45) is 0 Å². The second-order valence-electron chi connectivity index (χ2n) is 3.76. The van der Waals surface area contributed by atoms with Crippen molar-refractivity contribution in [3.63, 3.8) is 0 Å². The van der Waals surface area contributed by atoms with Crippen LogP contribution in [0.15, 0.2) is 12.8 Å². The summed E-state index contributed by atoms with van der Waals surface area (Å²) in [6.07, 6.45) is 7.15. The molecule has 11 heavy (non-hydrogen) atoms. The summed E-state index contributed by atoms with van der Waals surface area (Å²) in [4.78, 5) is 2.42. The van der Waals surface area contributed by atoms with Crippen molar-refractivity contribution in [2.45, 2.75) is 43.6 Å². The number of morpholine rings is 1. The molecule has 3 fully saturated rings. The van der Waals surface area contributed by atoms with Gasteiger partial charge in [-0.05, 0) is 25.5 Å². The maximum Gasteiger partial charge on any atom is 0.107 e. The summed E-state index contributed by atoms with van der Waals surface area (Å²) in [5, 5.41) is 0. The van der Waals surface area contributed by atoms with Gasteiger partial charge in [0.15, 0.2) is 0 Å². The fourth-order valence-electron chi connectivity index (χ4n) is 2.77. The van der Waals surface area contributed by atoms with Crippen LogP contribution in [0.1, 0.15) is 19.3 Å². The molecule has 3 aliphatic rings. The highest BCUT2D eigenvalue weighted by molar-refractivity contribution is 5.15. The molecule has 4 unspecified atom stereocenters. The van der Waals surface area contributed by atoms with Crippen molar-refractivity contribution in [2.75, 3.05) is 0 Å². The molecule has 2 bridgehead atoms. The van der Waals surface area contributed by atoms with Crippen LogP contribution in [0, 0.1) is 0 Å². The molecule has 2 heteroatoms. The van der Waals surface area contributed by atoms with Crippen LogP contribution in [0.2, 0.25) is 0 Å². The van der Waals surface area contributed by atoms with Crippen LogP contribution >= 0.6 is 0 Å². The number of rotatable bonds is 1. The van der Waals surface area contributed by atoms with Crippen LogP contribution in [0.4, 0.5) is 0 Å². The molecule has 2 nitrogen and oxygen atoms in total. The van der Waals surface area contributed by atoms with Gasteiger partial charge in [0, 0.05) is 0 Å². The lowest BCUT2D eigenvalue weighted by atomic mass is 10.0. The molecule has 0 aromatic heterocycles. The average Bonchev–Trinajstić information content (AvgIpc) is 2.78. The van der Waals surface area contributed by atoms with Gasteiger partial charge in [-0.25, -0.2) is 0 Å². The number of hydrogen-bond acceptors (Lipinski definition) is 2. The summed E-state index contributed by atoms with van der Waals surface area (Å²) in [5.74, 6) is 0. The number of ether oxygens (including phenoxy) is 1. The highest BCUT2D eigenvalue weighted by Gasteiger charge is 2.60. The molecule has 3 heterocycles. The zero-order valence-corrected chi connectivity index (χ0v) is 6.57. The third-order valence-electron chi connectivity index (χ3n) is 3.30. The molecule has 0 aromatic rings. The summed E-state index contributed by atoms with van der Waals surface area (Å²) >= 11 is 0. The van der Waals surface area contributed by atoms with Gasteiger partial charge in [-0.1, -0.05) is 6.58 Å². The van der Waals surface area contributed by atoms with E-state index in [1.807, 2.05) is 6.20 Å². The molecule has 3 rings (SSSR count). The first-order valence-corrected chi connectivity index (χ1v) is 4.47. The minimum Gasteiger partial charge on any atom is -0.367 e. The third-order valence-corrected chi connectivity index (χ3v) is 3.30. The molecule has 0 radical (unpaired) electrons. The Kier molecular flexibility index (Phi) is 0.995. The van der Waals surface area contributed by atoms with E-state index in [2.05, 4.69) is 11.5 Å². The quantitative estimate of drug-likeness (QED) is 0.522. The van der Waals surface area contributed by atoms with Crippen LogP contribution in [0.25, 0.3) is 0 Å². The predicted molar refractivity (Wildman–Crippen MR) is 42.1 cm³/mol. The van der Waals surface area contributed by atoms with Gasteiger partial charge in [-0.3, -0.25) is 0 Å². The van der Waals surface area contributed by atoms with E-state index in [1.165, 1.54) is 19.3 Å². The largest absolute Gasteiger partial charge is 0.367 e. The summed E-state index contributed by atoms with van der Waals surface area (Å²) in [7, 11) is 0. The van der Waals surface area contributed by atoms with Crippen molar-refractivity contribution < 1.29 is 4.74 Å². The molecule has 0 saturated carbocycles. The maximum atomic E-state index is 5.56. The smallest absolute Gasteiger partial charge is 0.107 e. The predicted octanol–water partition coefficient (Wildman–Crippen LogP) is 1.13. The molecular weight excluding hydrogens is 138 g/mol. The van der Waals surface area contributed by atoms with Crippen LogP contribution in [-0.4, -0.2) is 29.2 Å². The van der Waals surface area contributed by atoms with E-state index in [4.69, 9.17) is 4.74 Å². The molecule has 3 saturated heterocycles. The van der Waals surface area contributed by atoms with Gasteiger partial charge in [0.1, 0.15) is 12.2 Å². The van der Waals surface area contributed by atoms with E-state index < -0.39 is 0 Å². The Morgan fingerprint density at radius 1 is 1.27 bits per heavy atom. The van der Waals surface area contributed by atoms with Gasteiger partial charge in [0.25, 0.3) is 0 Å². The molecule has 0 amide bonds. The Labute approximate surface area is 66.8 Å². The van der Waals surface area contributed by atoms with Gasteiger partial charge in [-0.15, -0.1) is 0 Å². The third kappa shape index (κ3) is 0.614. The zero-order valence-electron chi connectivity index (χ0n) is 6.57. The van der Waals surface area contributed by atoms with E-state index >= 15 is 0 Å². The molecule has 60 valence electrons. The molecule has 3 aliphatic heterocycles. The number of fused-ring (bicyclic) bond motifs is 5. The molecule has 4 atom stereocenters. The maximum absolute atomic E-state index is 5.56. The lowest BCUT2D eigenvalue weighted by Crippen LogP contribution is -2.40. The van der Waals surface area contributed by atoms with E-state index in [1.54, 1.807) is 0 Å². The van der Waals surface area contributed by atoms with E-state index in [0.29, 0.717) is 24.3 Å². The van der Waals surface area contributed by atoms with Gasteiger partial charge < -0.3 is 9.64 Å². The van der Waals surface area contributed by atoms with Crippen LogP contribution in [-0.2, 0) is 4.74 Å². The Balaban J connectivity index is 1.93. The Morgan fingerprint density at radius 3 is 2.36 bits per heavy atom. The fraction of sp³-hybridized carbons (Fsp3) is 0.778. The van der Waals surface area contributed by atoms with Crippen molar-refractivity contribution in [3.8, 4) is 0 Å². The number of hydrogen-bond donors (Lipinski definition) is 0. The first-order valence-electron chi connectivity index (χ1n) is 4.47. The van der Waals surface area contributed by atoms with Crippen LogP contribution < -0.4 is 0 Å². The normalized spacial score (nSPS) is 52.2. The zero-order chi connectivity index (χ0) is 7.42. The highest BCUT2D eigenvalue weighted by atomic mass is 16.6. The summed E-state index contributed by atoms with van der Waals surface area (Å²) < 4.78 is 5.56. The SMILES string of the molecule is C=CN1C2CCCC1C1OC12. The minimum absolute atomic E-state index is 0.570. The van der Waals surface area contributed by atoms with Crippen molar-refractivity contribution >= 4 is 0 Å². The lowest BCUT2D eigenvalue weighted by molar-refractivity contribution is 0.0941. The van der Waals surface area contributed by atoms with Crippen LogP contribution in [0.3, 0.4) is 0 Å². The van der Waals surface area contributed by atoms with Crippen LogP contribution in [0.5, 0.6) is 0 Å². The van der Waals surface area contributed by atoms with Gasteiger partial charge >= 0.3 is 0 Å². The molecule has 0 aromatic carbocycles. The summed E-state index contributed by atoms with van der Waals surface area (Å²) in [6, 6.07) is 1.35. The molecule has 0 spiro atoms. The Hall–Kier alpha value is -0.500. The molecule has 0 aliphatic carbocycles. The van der Waals surface area contributed by atoms with Gasteiger partial charge in [0.2, 0.25) is 0 Å². The summed E-state index contributed by atoms with van der Waals surface area (Å²) in [6.45, 7) is 3.85. The van der Waals surface area contributed by atoms with E-state index in [0.717, 1.165) is 0 Å². The average molecular weight is 151 g/mol. The van der Waals surface area contributed by atoms with E-state index in [9.17, 15) is 0 Å². The van der Waals surface area contributed by atoms with E-state index in [-0.39, 0.29) is 0 Å². The van der Waals surface area contributed by atoms with Crippen molar-refractivity contribution in [1.29, 1.82) is 0 Å². The fourth-order valence-corrected chi connectivity index (χ4v) is 2.77. The minimum atomic E-state index is 0.570. The monoisotopic (exact) mass is 151 g/mol. The van der Waals surface area contributed by atoms with Gasteiger partial charge in [-0.2, -0.15) is 0 Å². The van der Waals surface area contributed by atoms with Gasteiger partial charge in [0.05, 0.1) is 12.1 Å². The standard InChI is InChI=1S/C9H13NO/c1-2-10-6-4-3-5-7(10)9-8(6)11-9/h2,6-9H,1,3-5H2. The number of piperidine rings is 1. The number of nitrogens with zero attached hydrogens (tertiary/aromatic N) is 1. The number of epoxide rings is 1. The van der Waals surface area contributed by atoms with Crippen molar-refractivity contribution in [3.05, 3.63) is 12.8 Å². The molecule has 0 N–H and O–H groups in total. The first kappa shape index (κ1) is 6.06. The first-order chi connectivity index (χ1) is 5.42. The Bertz CT molecular complexity index is 188. The second-order valence-corrected chi connectivity index (χ2v) is 3.76. The van der Waals surface area contributed by atoms with Crippen molar-refractivity contribution in [1.82, 2.24) is 4.90 Å². The second kappa shape index (κ2) is 1.81. The topological polar surface area (TPSA) is 15.8 Å². The molecular formula is C9H13NO. The lowest BCUT2D eigenvalue weighted by Gasteiger charge is -2.35.